The first-order valence-electron chi connectivity index (χ1n) is 18.6. The van der Waals surface area contributed by atoms with Gasteiger partial charge in [-0.1, -0.05) is 41.4 Å². The maximum absolute atomic E-state index is 15.2. The highest BCUT2D eigenvalue weighted by atomic mass is 35.5. The van der Waals surface area contributed by atoms with Crippen LogP contribution in [-0.4, -0.2) is 62.2 Å². The number of methoxy groups -OCH3 is 1. The quantitative estimate of drug-likeness (QED) is 0.131. The highest BCUT2D eigenvalue weighted by Crippen LogP contribution is 2.65. The number of aromatic hydroxyl groups is 2. The van der Waals surface area contributed by atoms with Gasteiger partial charge < -0.3 is 14.9 Å². The van der Waals surface area contributed by atoms with Crippen LogP contribution in [-0.2, 0) is 32.6 Å². The molecular weight excluding hydrogens is 752 g/mol. The lowest BCUT2D eigenvalue weighted by atomic mass is 9.51. The van der Waals surface area contributed by atoms with Crippen molar-refractivity contribution in [3.05, 3.63) is 100 Å². The number of aryl methyl sites for hydroxylation is 2. The Labute approximate surface area is 331 Å². The van der Waals surface area contributed by atoms with E-state index in [2.05, 4.69) is 0 Å². The predicted octanol–water partition coefficient (Wildman–Crippen LogP) is 7.16. The van der Waals surface area contributed by atoms with Gasteiger partial charge in [-0.25, -0.2) is 4.90 Å². The molecule has 4 amide bonds. The second-order valence-corrected chi connectivity index (χ2v) is 17.0. The molecule has 1 saturated carbocycles. The zero-order valence-electron chi connectivity index (χ0n) is 31.2. The fourth-order valence-corrected chi connectivity index (χ4v) is 11.3. The average Bonchev–Trinajstić information content (AvgIpc) is 3.85. The van der Waals surface area contributed by atoms with Crippen molar-refractivity contribution in [2.45, 2.75) is 39.0 Å². The highest BCUT2D eigenvalue weighted by molar-refractivity contribution is 7.22. The Balaban J connectivity index is 1.12. The summed E-state index contributed by atoms with van der Waals surface area (Å²) in [6.45, 7) is 3.95. The first-order chi connectivity index (χ1) is 26.8. The molecule has 13 heteroatoms. The van der Waals surface area contributed by atoms with Crippen LogP contribution in [0.3, 0.4) is 0 Å². The topological polar surface area (TPSA) is 142 Å². The number of amides is 4. The SMILES string of the molecule is COc1cccc(O)c1[C@H]1C2=CC[C@@H]3C(=O)N(CCc4ccc(O)cc4)C(=O)[C@@H]3[C@@H]2C[C@H]2C(=O)N(c3cc(-c4sc5ccc(Cl)cc5c4C)nn3C)C(=O)[C@@]12C. The molecule has 5 aromatic rings. The first-order valence-corrected chi connectivity index (χ1v) is 19.8. The number of aromatic nitrogens is 2. The predicted molar refractivity (Wildman–Crippen MR) is 212 cm³/mol. The van der Waals surface area contributed by atoms with Crippen LogP contribution in [0.5, 0.6) is 17.2 Å². The lowest BCUT2D eigenvalue weighted by Gasteiger charge is -2.49. The van der Waals surface area contributed by atoms with Crippen LogP contribution in [0.25, 0.3) is 20.7 Å². The Morgan fingerprint density at radius 1 is 0.982 bits per heavy atom. The third kappa shape index (κ3) is 5.18. The lowest BCUT2D eigenvalue weighted by Crippen LogP contribution is -2.49. The van der Waals surface area contributed by atoms with Gasteiger partial charge in [-0.2, -0.15) is 5.10 Å². The number of likely N-dealkylation sites (tertiary alicyclic amines) is 1. The van der Waals surface area contributed by atoms with Crippen LogP contribution in [0, 0.1) is 36.0 Å². The average molecular weight is 791 g/mol. The Hall–Kier alpha value is -5.46. The van der Waals surface area contributed by atoms with Crippen molar-refractivity contribution in [3.63, 3.8) is 0 Å². The minimum absolute atomic E-state index is 0.0933. The molecule has 6 atom stereocenters. The van der Waals surface area contributed by atoms with E-state index in [-0.39, 0.29) is 42.7 Å². The molecule has 3 aromatic carbocycles. The number of phenols is 2. The van der Waals surface area contributed by atoms with Gasteiger partial charge in [0.1, 0.15) is 28.8 Å². The molecule has 56 heavy (non-hydrogen) atoms. The smallest absolute Gasteiger partial charge is 0.242 e. The summed E-state index contributed by atoms with van der Waals surface area (Å²) in [5.74, 6) is -4.37. The number of halogens is 1. The van der Waals surface area contributed by atoms with Crippen LogP contribution in [0.15, 0.2) is 78.4 Å². The number of carbonyl (C=O) groups is 4. The van der Waals surface area contributed by atoms with Crippen molar-refractivity contribution >= 4 is 62.5 Å². The van der Waals surface area contributed by atoms with Crippen LogP contribution < -0.4 is 9.64 Å². The molecule has 0 radical (unpaired) electrons. The molecule has 2 aromatic heterocycles. The summed E-state index contributed by atoms with van der Waals surface area (Å²) < 4.78 is 8.38. The van der Waals surface area contributed by atoms with Gasteiger partial charge in [-0.3, -0.25) is 28.8 Å². The maximum atomic E-state index is 15.2. The maximum Gasteiger partial charge on any atom is 0.242 e. The molecule has 11 nitrogen and oxygen atoms in total. The normalized spacial score (nSPS) is 25.8. The van der Waals surface area contributed by atoms with E-state index < -0.39 is 46.8 Å². The molecule has 0 unspecified atom stereocenters. The standard InChI is InChI=1S/C43H39ClN4O7S/c1-21-27-18-23(44)10-15-33(27)56-38(21)30-20-34(46(3)45-30)48-40(52)29-19-28-25(37(43(29,2)42(48)54)36-31(50)6-5-7-32(36)55-4)13-14-26-35(28)41(53)47(39(26)51)17-16-22-8-11-24(49)12-9-22/h5-13,15,18,20,26,28-29,35,37,49-50H,14,16-17,19H2,1-4H3/t26-,28+,29-,35-,37+,43+/m0/s1. The summed E-state index contributed by atoms with van der Waals surface area (Å²) in [6, 6.07) is 19.1. The van der Waals surface area contributed by atoms with E-state index in [9.17, 15) is 24.6 Å². The van der Waals surface area contributed by atoms with E-state index in [1.165, 1.54) is 23.0 Å². The van der Waals surface area contributed by atoms with Gasteiger partial charge in [-0.05, 0) is 98.0 Å². The zero-order valence-corrected chi connectivity index (χ0v) is 32.7. The first kappa shape index (κ1) is 36.2. The molecule has 2 N–H and O–H groups in total. The molecule has 9 rings (SSSR count). The molecule has 0 spiro atoms. The fraction of sp³-hybridized carbons (Fsp3) is 0.326. The third-order valence-electron chi connectivity index (χ3n) is 12.7. The third-order valence-corrected chi connectivity index (χ3v) is 14.2. The van der Waals surface area contributed by atoms with Gasteiger partial charge in [0.05, 0.1) is 35.2 Å². The number of phenolic OH excluding ortho intramolecular Hbond substituents is 2. The zero-order chi connectivity index (χ0) is 39.4. The number of hydrogen-bond acceptors (Lipinski definition) is 9. The minimum atomic E-state index is -1.39. The Morgan fingerprint density at radius 3 is 2.50 bits per heavy atom. The van der Waals surface area contributed by atoms with Crippen molar-refractivity contribution in [3.8, 4) is 27.8 Å². The summed E-state index contributed by atoms with van der Waals surface area (Å²) in [5, 5.41) is 27.7. The molecule has 286 valence electrons. The number of rotatable bonds is 7. The number of nitrogens with zero attached hydrogens (tertiary/aromatic N) is 4. The van der Waals surface area contributed by atoms with Crippen molar-refractivity contribution in [1.82, 2.24) is 14.7 Å². The molecule has 2 aliphatic heterocycles. The lowest BCUT2D eigenvalue weighted by molar-refractivity contribution is -0.140. The number of hydrogen-bond donors (Lipinski definition) is 2. The second kappa shape index (κ2) is 13.1. The van der Waals surface area contributed by atoms with Gasteiger partial charge in [0, 0.05) is 40.9 Å². The Kier molecular flexibility index (Phi) is 8.44. The van der Waals surface area contributed by atoms with E-state index in [1.54, 1.807) is 72.5 Å². The number of thiophene rings is 1. The number of fused-ring (bicyclic) bond motifs is 5. The Bertz CT molecular complexity index is 2540. The van der Waals surface area contributed by atoms with Crippen LogP contribution in [0.1, 0.15) is 42.4 Å². The van der Waals surface area contributed by atoms with E-state index in [4.69, 9.17) is 21.4 Å². The van der Waals surface area contributed by atoms with Gasteiger partial charge in [-0.15, -0.1) is 11.3 Å². The van der Waals surface area contributed by atoms with E-state index in [0.29, 0.717) is 34.3 Å². The summed E-state index contributed by atoms with van der Waals surface area (Å²) >= 11 is 7.88. The number of ether oxygens (including phenoxy) is 1. The molecule has 4 heterocycles. The number of imide groups is 2. The van der Waals surface area contributed by atoms with Gasteiger partial charge in [0.2, 0.25) is 23.6 Å². The summed E-state index contributed by atoms with van der Waals surface area (Å²) in [5.41, 5.74) is 2.20. The summed E-state index contributed by atoms with van der Waals surface area (Å²) in [4.78, 5) is 61.9. The van der Waals surface area contributed by atoms with Crippen LogP contribution in [0.4, 0.5) is 5.82 Å². The monoisotopic (exact) mass is 790 g/mol. The van der Waals surface area contributed by atoms with E-state index in [0.717, 1.165) is 31.7 Å². The van der Waals surface area contributed by atoms with Gasteiger partial charge in [0.15, 0.2) is 0 Å². The summed E-state index contributed by atoms with van der Waals surface area (Å²) in [7, 11) is 3.19. The fourth-order valence-electron chi connectivity index (χ4n) is 9.95. The molecule has 4 aliphatic rings. The molecule has 3 fully saturated rings. The van der Waals surface area contributed by atoms with E-state index in [1.807, 2.05) is 31.2 Å². The largest absolute Gasteiger partial charge is 0.508 e. The number of carbonyl (C=O) groups excluding carboxylic acids is 4. The molecule has 2 aliphatic carbocycles. The highest BCUT2D eigenvalue weighted by Gasteiger charge is 2.68. The van der Waals surface area contributed by atoms with Crippen LogP contribution in [0.2, 0.25) is 5.02 Å². The molecule has 0 bridgehead atoms. The van der Waals surface area contributed by atoms with Crippen molar-refractivity contribution < 1.29 is 34.1 Å². The van der Waals surface area contributed by atoms with Crippen molar-refractivity contribution in [1.29, 1.82) is 0 Å². The van der Waals surface area contributed by atoms with E-state index >= 15 is 4.79 Å². The number of anilines is 1. The van der Waals surface area contributed by atoms with Gasteiger partial charge >= 0.3 is 0 Å². The van der Waals surface area contributed by atoms with Gasteiger partial charge in [0.25, 0.3) is 0 Å². The van der Waals surface area contributed by atoms with Crippen LogP contribution >= 0.6 is 22.9 Å². The summed E-state index contributed by atoms with van der Waals surface area (Å²) in [6.07, 6.45) is 2.82. The molecular formula is C43H39ClN4O7S. The molecule has 2 saturated heterocycles. The Morgan fingerprint density at radius 2 is 1.75 bits per heavy atom. The van der Waals surface area contributed by atoms with Crippen molar-refractivity contribution in [2.24, 2.45) is 36.1 Å². The second-order valence-electron chi connectivity index (χ2n) is 15.5. The number of benzene rings is 3. The van der Waals surface area contributed by atoms with Crippen molar-refractivity contribution in [2.75, 3.05) is 18.6 Å². The number of allylic oxidation sites excluding steroid dienone is 2. The minimum Gasteiger partial charge on any atom is -0.508 e.